The Morgan fingerprint density at radius 1 is 1.35 bits per heavy atom. The number of aromatic nitrogens is 1. The van der Waals surface area contributed by atoms with Crippen LogP contribution in [-0.2, 0) is 27.4 Å². The molecule has 6 heteroatoms. The van der Waals surface area contributed by atoms with Crippen LogP contribution in [0.3, 0.4) is 0 Å². The van der Waals surface area contributed by atoms with Crippen LogP contribution < -0.4 is 4.90 Å². The molecule has 1 aromatic heterocycles. The normalized spacial score (nSPS) is 14.3. The third kappa shape index (κ3) is 3.96. The summed E-state index contributed by atoms with van der Waals surface area (Å²) in [5.41, 5.74) is 2.79. The second-order valence-corrected chi connectivity index (χ2v) is 6.43. The zero-order valence-electron chi connectivity index (χ0n) is 12.9. The number of benzene rings is 1. The first-order valence-corrected chi connectivity index (χ1v) is 8.46. The quantitative estimate of drug-likeness (QED) is 0.791. The lowest BCUT2D eigenvalue weighted by Gasteiger charge is -2.10. The third-order valence-electron chi connectivity index (χ3n) is 3.69. The summed E-state index contributed by atoms with van der Waals surface area (Å²) < 4.78 is 5.27. The van der Waals surface area contributed by atoms with E-state index in [4.69, 9.17) is 4.74 Å². The van der Waals surface area contributed by atoms with Crippen LogP contribution in [0.4, 0.5) is 5.13 Å². The fourth-order valence-corrected chi connectivity index (χ4v) is 3.27. The smallest absolute Gasteiger partial charge is 0.312 e. The molecule has 0 atom stereocenters. The van der Waals surface area contributed by atoms with Gasteiger partial charge in [0.05, 0.1) is 12.1 Å². The molecule has 1 aliphatic rings. The van der Waals surface area contributed by atoms with Crippen LogP contribution in [0.15, 0.2) is 29.6 Å². The first-order valence-electron chi connectivity index (χ1n) is 7.58. The molecule has 23 heavy (non-hydrogen) atoms. The van der Waals surface area contributed by atoms with Crippen molar-refractivity contribution in [3.05, 3.63) is 46.5 Å². The Kier molecular flexibility index (Phi) is 4.71. The van der Waals surface area contributed by atoms with Crippen molar-refractivity contribution >= 4 is 28.3 Å². The van der Waals surface area contributed by atoms with E-state index in [2.05, 4.69) is 4.98 Å². The van der Waals surface area contributed by atoms with Gasteiger partial charge in [-0.3, -0.25) is 14.5 Å². The van der Waals surface area contributed by atoms with Gasteiger partial charge in [0.15, 0.2) is 5.13 Å². The predicted octanol–water partition coefficient (Wildman–Crippen LogP) is 2.86. The fourth-order valence-electron chi connectivity index (χ4n) is 2.40. The highest BCUT2D eigenvalue weighted by Gasteiger charge is 2.24. The van der Waals surface area contributed by atoms with Gasteiger partial charge in [-0.05, 0) is 18.9 Å². The van der Waals surface area contributed by atoms with Crippen molar-refractivity contribution in [3.63, 3.8) is 0 Å². The lowest BCUT2D eigenvalue weighted by molar-refractivity contribution is -0.144. The Morgan fingerprint density at radius 3 is 2.83 bits per heavy atom. The molecule has 0 bridgehead atoms. The van der Waals surface area contributed by atoms with Crippen LogP contribution in [0.25, 0.3) is 0 Å². The maximum Gasteiger partial charge on any atom is 0.312 e. The van der Waals surface area contributed by atoms with Crippen LogP contribution in [0.2, 0.25) is 0 Å². The lowest BCUT2D eigenvalue weighted by atomic mass is 10.2. The number of amides is 1. The second kappa shape index (κ2) is 6.91. The van der Waals surface area contributed by atoms with E-state index >= 15 is 0 Å². The average molecular weight is 330 g/mol. The van der Waals surface area contributed by atoms with Crippen molar-refractivity contribution in [1.29, 1.82) is 0 Å². The highest BCUT2D eigenvalue weighted by Crippen LogP contribution is 2.25. The molecular formula is C17H18N2O3S. The minimum atomic E-state index is -0.310. The van der Waals surface area contributed by atoms with E-state index in [1.165, 1.54) is 16.9 Å². The van der Waals surface area contributed by atoms with E-state index < -0.39 is 0 Å². The number of thiazole rings is 1. The molecule has 5 nitrogen and oxygen atoms in total. The van der Waals surface area contributed by atoms with Crippen LogP contribution in [0, 0.1) is 6.92 Å². The number of ether oxygens (including phenoxy) is 1. The average Bonchev–Trinajstić information content (AvgIpc) is 3.15. The van der Waals surface area contributed by atoms with Crippen molar-refractivity contribution in [2.24, 2.45) is 0 Å². The fraction of sp³-hybridized carbons (Fsp3) is 0.353. The van der Waals surface area contributed by atoms with Gasteiger partial charge in [-0.15, -0.1) is 11.3 Å². The van der Waals surface area contributed by atoms with E-state index in [0.29, 0.717) is 23.8 Å². The van der Waals surface area contributed by atoms with Crippen LogP contribution in [-0.4, -0.2) is 23.4 Å². The van der Waals surface area contributed by atoms with Gasteiger partial charge in [0, 0.05) is 18.3 Å². The van der Waals surface area contributed by atoms with Crippen LogP contribution >= 0.6 is 11.3 Å². The number of hydrogen-bond donors (Lipinski definition) is 0. The molecule has 1 amide bonds. The first-order chi connectivity index (χ1) is 11.1. The molecular weight excluding hydrogens is 312 g/mol. The Bertz CT molecular complexity index is 709. The maximum absolute atomic E-state index is 11.9. The van der Waals surface area contributed by atoms with Gasteiger partial charge >= 0.3 is 5.97 Å². The lowest BCUT2D eigenvalue weighted by Crippen LogP contribution is -2.23. The molecule has 0 N–H and O–H groups in total. The number of carbonyl (C=O) groups excluding carboxylic acids is 2. The molecule has 2 heterocycles. The van der Waals surface area contributed by atoms with Gasteiger partial charge in [-0.25, -0.2) is 4.98 Å². The Morgan fingerprint density at radius 2 is 2.13 bits per heavy atom. The number of rotatable bonds is 5. The van der Waals surface area contributed by atoms with Gasteiger partial charge in [0.1, 0.15) is 6.61 Å². The minimum Gasteiger partial charge on any atom is -0.461 e. The maximum atomic E-state index is 11.9. The first kappa shape index (κ1) is 15.7. The summed E-state index contributed by atoms with van der Waals surface area (Å²) >= 11 is 1.39. The number of esters is 1. The molecule has 120 valence electrons. The zero-order chi connectivity index (χ0) is 16.2. The van der Waals surface area contributed by atoms with Crippen LogP contribution in [0.1, 0.15) is 29.7 Å². The summed E-state index contributed by atoms with van der Waals surface area (Å²) in [6.07, 6.45) is 1.57. The van der Waals surface area contributed by atoms with Crippen molar-refractivity contribution in [2.75, 3.05) is 11.4 Å². The third-order valence-corrected chi connectivity index (χ3v) is 4.60. The summed E-state index contributed by atoms with van der Waals surface area (Å²) in [6.45, 7) is 2.99. The summed E-state index contributed by atoms with van der Waals surface area (Å²) in [5, 5.41) is 2.49. The van der Waals surface area contributed by atoms with Gasteiger partial charge in [0.2, 0.25) is 5.91 Å². The summed E-state index contributed by atoms with van der Waals surface area (Å²) in [5.74, 6) is -0.206. The number of anilines is 1. The molecule has 0 saturated carbocycles. The number of hydrogen-bond acceptors (Lipinski definition) is 5. The van der Waals surface area contributed by atoms with E-state index in [0.717, 1.165) is 12.0 Å². The Balaban J connectivity index is 1.53. The van der Waals surface area contributed by atoms with Crippen molar-refractivity contribution in [3.8, 4) is 0 Å². The predicted molar refractivity (Wildman–Crippen MR) is 88.4 cm³/mol. The van der Waals surface area contributed by atoms with E-state index in [-0.39, 0.29) is 24.9 Å². The van der Waals surface area contributed by atoms with Crippen LogP contribution in [0.5, 0.6) is 0 Å². The molecule has 3 rings (SSSR count). The molecule has 1 fully saturated rings. The monoisotopic (exact) mass is 330 g/mol. The molecule has 0 aliphatic carbocycles. The van der Waals surface area contributed by atoms with E-state index in [1.54, 1.807) is 4.90 Å². The molecule has 1 saturated heterocycles. The minimum absolute atomic E-state index is 0.104. The summed E-state index contributed by atoms with van der Waals surface area (Å²) in [7, 11) is 0. The topological polar surface area (TPSA) is 59.5 Å². The molecule has 1 aromatic carbocycles. The standard InChI is InChI=1S/C17H18N2O3S/c1-12-4-6-13(7-5-12)10-22-16(21)9-14-11-23-17(18-14)19-8-2-3-15(19)20/h4-7,11H,2-3,8-10H2,1H3. The van der Waals surface area contributed by atoms with Crippen molar-refractivity contribution in [1.82, 2.24) is 4.98 Å². The summed E-state index contributed by atoms with van der Waals surface area (Å²) in [6, 6.07) is 7.87. The Labute approximate surface area is 138 Å². The largest absolute Gasteiger partial charge is 0.461 e. The zero-order valence-corrected chi connectivity index (χ0v) is 13.8. The number of nitrogens with zero attached hydrogens (tertiary/aromatic N) is 2. The second-order valence-electron chi connectivity index (χ2n) is 5.59. The summed E-state index contributed by atoms with van der Waals surface area (Å²) in [4.78, 5) is 29.7. The van der Waals surface area contributed by atoms with Gasteiger partial charge in [-0.1, -0.05) is 29.8 Å². The van der Waals surface area contributed by atoms with E-state index in [1.807, 2.05) is 36.6 Å². The highest BCUT2D eigenvalue weighted by atomic mass is 32.1. The van der Waals surface area contributed by atoms with Gasteiger partial charge < -0.3 is 4.74 Å². The van der Waals surface area contributed by atoms with Gasteiger partial charge in [0.25, 0.3) is 0 Å². The molecule has 1 aliphatic heterocycles. The molecule has 0 radical (unpaired) electrons. The van der Waals surface area contributed by atoms with Gasteiger partial charge in [-0.2, -0.15) is 0 Å². The van der Waals surface area contributed by atoms with Crippen molar-refractivity contribution < 1.29 is 14.3 Å². The molecule has 0 unspecified atom stereocenters. The highest BCUT2D eigenvalue weighted by molar-refractivity contribution is 7.14. The molecule has 0 spiro atoms. The number of carbonyl (C=O) groups is 2. The van der Waals surface area contributed by atoms with E-state index in [9.17, 15) is 9.59 Å². The number of aryl methyl sites for hydroxylation is 1. The molecule has 2 aromatic rings. The van der Waals surface area contributed by atoms with Crippen molar-refractivity contribution in [2.45, 2.75) is 32.8 Å². The SMILES string of the molecule is Cc1ccc(COC(=O)Cc2csc(N3CCCC3=O)n2)cc1. The Hall–Kier alpha value is -2.21.